The molecule has 0 aromatic heterocycles. The number of carbonyl (C=O) groups excluding carboxylic acids is 1. The average Bonchev–Trinajstić information content (AvgIpc) is 2.40. The highest BCUT2D eigenvalue weighted by Crippen LogP contribution is 2.43. The number of benzene rings is 1. The van der Waals surface area contributed by atoms with E-state index in [1.807, 2.05) is 0 Å². The van der Waals surface area contributed by atoms with Crippen LogP contribution in [0, 0.1) is 12.3 Å². The van der Waals surface area contributed by atoms with Gasteiger partial charge >= 0.3 is 12.0 Å². The van der Waals surface area contributed by atoms with Crippen LogP contribution in [0.4, 0.5) is 10.5 Å². The largest absolute Gasteiger partial charge is 0.478 e. The lowest BCUT2D eigenvalue weighted by molar-refractivity contribution is 0.0697. The minimum atomic E-state index is -0.969. The van der Waals surface area contributed by atoms with Crippen molar-refractivity contribution in [2.45, 2.75) is 39.5 Å². The number of rotatable bonds is 5. The van der Waals surface area contributed by atoms with E-state index < -0.39 is 5.97 Å². The monoisotopic (exact) mass is 290 g/mol. The van der Waals surface area contributed by atoms with E-state index in [0.717, 1.165) is 12.0 Å². The number of hydrogen-bond acceptors (Lipinski definition) is 2. The molecule has 1 aromatic carbocycles. The van der Waals surface area contributed by atoms with Gasteiger partial charge in [0.25, 0.3) is 0 Å². The van der Waals surface area contributed by atoms with E-state index in [2.05, 4.69) is 17.6 Å². The van der Waals surface area contributed by atoms with Gasteiger partial charge in [0.15, 0.2) is 0 Å². The van der Waals surface area contributed by atoms with Gasteiger partial charge in [-0.1, -0.05) is 13.3 Å². The van der Waals surface area contributed by atoms with Gasteiger partial charge in [-0.25, -0.2) is 9.59 Å². The molecule has 2 amide bonds. The van der Waals surface area contributed by atoms with Crippen molar-refractivity contribution in [3.63, 3.8) is 0 Å². The number of carbonyl (C=O) groups is 2. The molecule has 2 rings (SSSR count). The van der Waals surface area contributed by atoms with Crippen LogP contribution in [0.2, 0.25) is 0 Å². The zero-order valence-corrected chi connectivity index (χ0v) is 12.5. The maximum absolute atomic E-state index is 11.9. The summed E-state index contributed by atoms with van der Waals surface area (Å²) in [5.41, 5.74) is 1.87. The summed E-state index contributed by atoms with van der Waals surface area (Å²) in [5.74, 6) is -0.969. The second-order valence-electron chi connectivity index (χ2n) is 5.85. The molecule has 1 fully saturated rings. The summed E-state index contributed by atoms with van der Waals surface area (Å²) in [5, 5.41) is 14.6. The molecule has 3 N–H and O–H groups in total. The number of aryl methyl sites for hydroxylation is 1. The average molecular weight is 290 g/mol. The summed E-state index contributed by atoms with van der Waals surface area (Å²) in [4.78, 5) is 22.8. The summed E-state index contributed by atoms with van der Waals surface area (Å²) < 4.78 is 0. The molecule has 1 aliphatic rings. The molecule has 0 bridgehead atoms. The highest BCUT2D eigenvalue weighted by molar-refractivity contribution is 5.92. The summed E-state index contributed by atoms with van der Waals surface area (Å²) in [7, 11) is 0. The Balaban J connectivity index is 1.92. The fraction of sp³-hybridized carbons (Fsp3) is 0.500. The van der Waals surface area contributed by atoms with Crippen LogP contribution in [0.15, 0.2) is 18.2 Å². The number of nitrogens with one attached hydrogen (secondary N) is 2. The number of urea groups is 1. The first-order chi connectivity index (χ1) is 9.96. The van der Waals surface area contributed by atoms with Gasteiger partial charge in [0, 0.05) is 12.2 Å². The summed E-state index contributed by atoms with van der Waals surface area (Å²) in [6.07, 6.45) is 4.68. The Bertz CT molecular complexity index is 545. The molecule has 0 spiro atoms. The van der Waals surface area contributed by atoms with Crippen LogP contribution >= 0.6 is 0 Å². The van der Waals surface area contributed by atoms with Crippen LogP contribution < -0.4 is 10.6 Å². The van der Waals surface area contributed by atoms with E-state index in [0.29, 0.717) is 12.2 Å². The normalized spacial score (nSPS) is 15.9. The topological polar surface area (TPSA) is 78.4 Å². The molecule has 0 heterocycles. The molecule has 0 unspecified atom stereocenters. The van der Waals surface area contributed by atoms with Gasteiger partial charge in [-0.15, -0.1) is 0 Å². The Hall–Kier alpha value is -2.04. The summed E-state index contributed by atoms with van der Waals surface area (Å²) in [6.45, 7) is 4.64. The smallest absolute Gasteiger partial charge is 0.335 e. The quantitative estimate of drug-likeness (QED) is 0.777. The number of aromatic carboxylic acids is 1. The molecule has 1 aromatic rings. The van der Waals surface area contributed by atoms with Gasteiger partial charge in [-0.2, -0.15) is 0 Å². The lowest BCUT2D eigenvalue weighted by Gasteiger charge is -2.41. The predicted octanol–water partition coefficient (Wildman–Crippen LogP) is 3.40. The van der Waals surface area contributed by atoms with Gasteiger partial charge in [0.2, 0.25) is 0 Å². The van der Waals surface area contributed by atoms with E-state index in [-0.39, 0.29) is 17.0 Å². The van der Waals surface area contributed by atoms with E-state index in [4.69, 9.17) is 5.11 Å². The molecule has 5 heteroatoms. The van der Waals surface area contributed by atoms with Crippen LogP contribution in [-0.2, 0) is 0 Å². The van der Waals surface area contributed by atoms with Crippen LogP contribution in [-0.4, -0.2) is 23.7 Å². The van der Waals surface area contributed by atoms with Gasteiger partial charge in [-0.05, 0) is 55.4 Å². The molecular weight excluding hydrogens is 268 g/mol. The van der Waals surface area contributed by atoms with Crippen molar-refractivity contribution in [1.82, 2.24) is 5.32 Å². The minimum Gasteiger partial charge on any atom is -0.478 e. The van der Waals surface area contributed by atoms with Crippen LogP contribution in [0.25, 0.3) is 0 Å². The lowest BCUT2D eigenvalue weighted by atomic mass is 9.67. The van der Waals surface area contributed by atoms with Crippen molar-refractivity contribution in [2.24, 2.45) is 5.41 Å². The summed E-state index contributed by atoms with van der Waals surface area (Å²) >= 11 is 0. The SMILES string of the molecule is CCC1(CNC(=O)Nc2ccc(C(=O)O)cc2C)CCC1. The molecule has 0 radical (unpaired) electrons. The minimum absolute atomic E-state index is 0.220. The highest BCUT2D eigenvalue weighted by atomic mass is 16.4. The Morgan fingerprint density at radius 1 is 1.33 bits per heavy atom. The molecule has 5 nitrogen and oxygen atoms in total. The van der Waals surface area contributed by atoms with Crippen molar-refractivity contribution in [2.75, 3.05) is 11.9 Å². The second kappa shape index (κ2) is 6.16. The first-order valence-electron chi connectivity index (χ1n) is 7.34. The second-order valence-corrected chi connectivity index (χ2v) is 5.85. The first-order valence-corrected chi connectivity index (χ1v) is 7.34. The standard InChI is InChI=1S/C16H22N2O3/c1-3-16(7-4-8-16)10-17-15(21)18-13-6-5-12(14(19)20)9-11(13)2/h5-6,9H,3-4,7-8,10H2,1-2H3,(H,19,20)(H2,17,18,21). The molecule has 21 heavy (non-hydrogen) atoms. The van der Waals surface area contributed by atoms with Crippen LogP contribution in [0.5, 0.6) is 0 Å². The lowest BCUT2D eigenvalue weighted by Crippen LogP contribution is -2.43. The molecule has 0 atom stereocenters. The number of amides is 2. The Morgan fingerprint density at radius 2 is 2.05 bits per heavy atom. The zero-order valence-electron chi connectivity index (χ0n) is 12.5. The third-order valence-corrected chi connectivity index (χ3v) is 4.51. The Kier molecular flexibility index (Phi) is 4.50. The molecular formula is C16H22N2O3. The third kappa shape index (κ3) is 3.54. The van der Waals surface area contributed by atoms with Crippen LogP contribution in [0.1, 0.15) is 48.5 Å². The predicted molar refractivity (Wildman–Crippen MR) is 81.7 cm³/mol. The maximum atomic E-state index is 11.9. The number of hydrogen-bond donors (Lipinski definition) is 3. The molecule has 0 aliphatic heterocycles. The zero-order chi connectivity index (χ0) is 15.5. The Labute approximate surface area is 124 Å². The molecule has 114 valence electrons. The van der Waals surface area contributed by atoms with Gasteiger partial charge in [0.1, 0.15) is 0 Å². The molecule has 1 aliphatic carbocycles. The van der Waals surface area contributed by atoms with Gasteiger partial charge in [0.05, 0.1) is 5.56 Å². The van der Waals surface area contributed by atoms with E-state index in [1.54, 1.807) is 19.1 Å². The third-order valence-electron chi connectivity index (χ3n) is 4.51. The fourth-order valence-electron chi connectivity index (χ4n) is 2.70. The van der Waals surface area contributed by atoms with Crippen molar-refractivity contribution in [3.8, 4) is 0 Å². The fourth-order valence-corrected chi connectivity index (χ4v) is 2.70. The summed E-state index contributed by atoms with van der Waals surface area (Å²) in [6, 6.07) is 4.43. The first kappa shape index (κ1) is 15.4. The van der Waals surface area contributed by atoms with Crippen molar-refractivity contribution in [3.05, 3.63) is 29.3 Å². The molecule has 1 saturated carbocycles. The van der Waals surface area contributed by atoms with Crippen molar-refractivity contribution >= 4 is 17.7 Å². The van der Waals surface area contributed by atoms with Crippen molar-refractivity contribution < 1.29 is 14.7 Å². The molecule has 0 saturated heterocycles. The number of anilines is 1. The number of carboxylic acids is 1. The van der Waals surface area contributed by atoms with Crippen molar-refractivity contribution in [1.29, 1.82) is 0 Å². The van der Waals surface area contributed by atoms with Crippen LogP contribution in [0.3, 0.4) is 0 Å². The van der Waals surface area contributed by atoms with E-state index >= 15 is 0 Å². The van der Waals surface area contributed by atoms with E-state index in [1.165, 1.54) is 25.3 Å². The highest BCUT2D eigenvalue weighted by Gasteiger charge is 2.35. The number of carboxylic acid groups (broad SMARTS) is 1. The van der Waals surface area contributed by atoms with Gasteiger partial charge < -0.3 is 15.7 Å². The van der Waals surface area contributed by atoms with E-state index in [9.17, 15) is 9.59 Å². The van der Waals surface area contributed by atoms with Gasteiger partial charge in [-0.3, -0.25) is 0 Å². The Morgan fingerprint density at radius 3 is 2.52 bits per heavy atom. The maximum Gasteiger partial charge on any atom is 0.335 e.